The molecule has 0 aliphatic heterocycles. The third kappa shape index (κ3) is 7.18. The fourth-order valence-corrected chi connectivity index (χ4v) is 1.98. The van der Waals surface area contributed by atoms with Crippen molar-refractivity contribution in [1.82, 2.24) is 10.4 Å². The molecule has 0 radical (unpaired) electrons. The van der Waals surface area contributed by atoms with Crippen LogP contribution in [-0.2, 0) is 0 Å². The predicted octanol–water partition coefficient (Wildman–Crippen LogP) is 2.27. The zero-order valence-electron chi connectivity index (χ0n) is 11.2. The van der Waals surface area contributed by atoms with Crippen LogP contribution in [0.25, 0.3) is 0 Å². The summed E-state index contributed by atoms with van der Waals surface area (Å²) in [6.45, 7) is 4.30. The standard InChI is InChI=1S/C12H28N4O/c1-3-5-6-7-8-10-11(9-4-2)16(14)12(17)15-13/h11H,3-10,13-14H2,1-2H3,(H,15,17). The van der Waals surface area contributed by atoms with E-state index in [1.165, 1.54) is 30.7 Å². The summed E-state index contributed by atoms with van der Waals surface area (Å²) in [5.74, 6) is 10.8. The van der Waals surface area contributed by atoms with Gasteiger partial charge in [0.2, 0.25) is 0 Å². The molecule has 0 aromatic rings. The van der Waals surface area contributed by atoms with Crippen LogP contribution in [0.3, 0.4) is 0 Å². The number of amides is 2. The first-order valence-corrected chi connectivity index (χ1v) is 6.71. The van der Waals surface area contributed by atoms with E-state index in [2.05, 4.69) is 19.3 Å². The Kier molecular flexibility index (Phi) is 9.86. The largest absolute Gasteiger partial charge is 0.345 e. The Balaban J connectivity index is 3.92. The summed E-state index contributed by atoms with van der Waals surface area (Å²) >= 11 is 0. The zero-order chi connectivity index (χ0) is 13.1. The molecule has 0 saturated heterocycles. The first kappa shape index (κ1) is 16.2. The Bertz CT molecular complexity index is 199. The Hall–Kier alpha value is -0.810. The maximum absolute atomic E-state index is 11.3. The van der Waals surface area contributed by atoms with Gasteiger partial charge in [0, 0.05) is 6.04 Å². The Labute approximate surface area is 105 Å². The number of carbonyl (C=O) groups excluding carboxylic acids is 1. The maximum Gasteiger partial charge on any atom is 0.345 e. The summed E-state index contributed by atoms with van der Waals surface area (Å²) in [4.78, 5) is 11.3. The highest BCUT2D eigenvalue weighted by atomic mass is 16.2. The first-order chi connectivity index (χ1) is 8.17. The number of hydrazine groups is 2. The van der Waals surface area contributed by atoms with Crippen molar-refractivity contribution in [1.29, 1.82) is 0 Å². The van der Waals surface area contributed by atoms with E-state index in [1.807, 2.05) is 0 Å². The lowest BCUT2D eigenvalue weighted by atomic mass is 10.0. The summed E-state index contributed by atoms with van der Waals surface area (Å²) in [5, 5.41) is 1.24. The Morgan fingerprint density at radius 2 is 1.76 bits per heavy atom. The number of rotatable bonds is 9. The van der Waals surface area contributed by atoms with Crippen molar-refractivity contribution in [2.75, 3.05) is 0 Å². The van der Waals surface area contributed by atoms with Crippen LogP contribution in [0.5, 0.6) is 0 Å². The number of nitrogens with one attached hydrogen (secondary N) is 1. The molecule has 0 bridgehead atoms. The van der Waals surface area contributed by atoms with E-state index in [0.29, 0.717) is 0 Å². The minimum Gasteiger partial charge on any atom is -0.275 e. The second-order valence-corrected chi connectivity index (χ2v) is 4.50. The van der Waals surface area contributed by atoms with E-state index < -0.39 is 6.03 Å². The molecule has 17 heavy (non-hydrogen) atoms. The topological polar surface area (TPSA) is 84.4 Å². The highest BCUT2D eigenvalue weighted by Crippen LogP contribution is 2.14. The van der Waals surface area contributed by atoms with Gasteiger partial charge in [0.1, 0.15) is 0 Å². The predicted molar refractivity (Wildman–Crippen MR) is 70.8 cm³/mol. The van der Waals surface area contributed by atoms with Gasteiger partial charge in [-0.2, -0.15) is 0 Å². The van der Waals surface area contributed by atoms with Crippen LogP contribution in [0.4, 0.5) is 4.79 Å². The van der Waals surface area contributed by atoms with Crippen molar-refractivity contribution < 1.29 is 4.79 Å². The highest BCUT2D eigenvalue weighted by Gasteiger charge is 2.18. The van der Waals surface area contributed by atoms with E-state index in [-0.39, 0.29) is 6.04 Å². The molecular formula is C12H28N4O. The van der Waals surface area contributed by atoms with Crippen molar-refractivity contribution >= 4 is 6.03 Å². The minimum atomic E-state index is -0.406. The summed E-state index contributed by atoms with van der Waals surface area (Å²) in [5.41, 5.74) is 2.08. The van der Waals surface area contributed by atoms with Gasteiger partial charge in [-0.25, -0.2) is 16.5 Å². The van der Waals surface area contributed by atoms with E-state index in [1.54, 1.807) is 0 Å². The fraction of sp³-hybridized carbons (Fsp3) is 0.917. The molecule has 0 spiro atoms. The summed E-state index contributed by atoms with van der Waals surface area (Å²) in [6, 6.07) is -0.304. The van der Waals surface area contributed by atoms with Gasteiger partial charge in [-0.1, -0.05) is 52.4 Å². The average molecular weight is 244 g/mol. The highest BCUT2D eigenvalue weighted by molar-refractivity contribution is 5.73. The van der Waals surface area contributed by atoms with Crippen molar-refractivity contribution in [3.05, 3.63) is 0 Å². The van der Waals surface area contributed by atoms with Gasteiger partial charge >= 0.3 is 6.03 Å². The minimum absolute atomic E-state index is 0.102. The van der Waals surface area contributed by atoms with Crippen molar-refractivity contribution in [2.45, 2.75) is 71.3 Å². The first-order valence-electron chi connectivity index (χ1n) is 6.71. The van der Waals surface area contributed by atoms with Gasteiger partial charge < -0.3 is 0 Å². The molecular weight excluding hydrogens is 216 g/mol. The smallest absolute Gasteiger partial charge is 0.275 e. The summed E-state index contributed by atoms with van der Waals surface area (Å²) < 4.78 is 0. The van der Waals surface area contributed by atoms with Gasteiger partial charge in [0.25, 0.3) is 0 Å². The van der Waals surface area contributed by atoms with Gasteiger partial charge in [-0.05, 0) is 12.8 Å². The van der Waals surface area contributed by atoms with Crippen LogP contribution in [0.2, 0.25) is 0 Å². The number of urea groups is 1. The lowest BCUT2D eigenvalue weighted by Gasteiger charge is -2.26. The third-order valence-corrected chi connectivity index (χ3v) is 3.01. The molecule has 0 saturated carbocycles. The molecule has 2 amide bonds. The Morgan fingerprint density at radius 1 is 1.12 bits per heavy atom. The van der Waals surface area contributed by atoms with Crippen LogP contribution >= 0.6 is 0 Å². The van der Waals surface area contributed by atoms with E-state index in [4.69, 9.17) is 11.7 Å². The monoisotopic (exact) mass is 244 g/mol. The molecule has 1 atom stereocenters. The van der Waals surface area contributed by atoms with Gasteiger partial charge in [-0.3, -0.25) is 10.4 Å². The number of hydrogen-bond acceptors (Lipinski definition) is 3. The van der Waals surface area contributed by atoms with Crippen molar-refractivity contribution in [3.8, 4) is 0 Å². The van der Waals surface area contributed by atoms with Crippen LogP contribution in [0.1, 0.15) is 65.2 Å². The summed E-state index contributed by atoms with van der Waals surface area (Å²) in [7, 11) is 0. The zero-order valence-corrected chi connectivity index (χ0v) is 11.2. The number of carbonyl (C=O) groups is 1. The average Bonchev–Trinajstić information content (AvgIpc) is 2.35. The third-order valence-electron chi connectivity index (χ3n) is 3.01. The van der Waals surface area contributed by atoms with Crippen LogP contribution < -0.4 is 17.1 Å². The SMILES string of the molecule is CCCCCCCC(CCC)N(N)C(=O)NN. The van der Waals surface area contributed by atoms with Crippen molar-refractivity contribution in [3.63, 3.8) is 0 Å². The molecule has 5 heteroatoms. The second-order valence-electron chi connectivity index (χ2n) is 4.50. The summed E-state index contributed by atoms with van der Waals surface area (Å²) in [6.07, 6.45) is 9.04. The number of hydrogen-bond donors (Lipinski definition) is 3. The number of nitrogens with zero attached hydrogens (tertiary/aromatic N) is 1. The molecule has 102 valence electrons. The van der Waals surface area contributed by atoms with Crippen LogP contribution in [0.15, 0.2) is 0 Å². The Morgan fingerprint density at radius 3 is 2.29 bits per heavy atom. The van der Waals surface area contributed by atoms with Crippen LogP contribution in [-0.4, -0.2) is 17.1 Å². The fourth-order valence-electron chi connectivity index (χ4n) is 1.98. The normalized spacial score (nSPS) is 12.2. The number of nitrogens with two attached hydrogens (primary N) is 2. The molecule has 5 nitrogen and oxygen atoms in total. The molecule has 0 rings (SSSR count). The molecule has 0 fully saturated rings. The quantitative estimate of drug-likeness (QED) is 0.252. The lowest BCUT2D eigenvalue weighted by molar-refractivity contribution is 0.165. The van der Waals surface area contributed by atoms with Gasteiger partial charge in [0.15, 0.2) is 0 Å². The van der Waals surface area contributed by atoms with Gasteiger partial charge in [-0.15, -0.1) is 0 Å². The molecule has 5 N–H and O–H groups in total. The second kappa shape index (κ2) is 10.4. The van der Waals surface area contributed by atoms with E-state index in [0.717, 1.165) is 25.7 Å². The van der Waals surface area contributed by atoms with Gasteiger partial charge in [0.05, 0.1) is 0 Å². The van der Waals surface area contributed by atoms with Crippen LogP contribution in [0, 0.1) is 0 Å². The molecule has 0 aromatic heterocycles. The molecule has 1 unspecified atom stereocenters. The molecule has 0 aromatic carbocycles. The molecule has 0 aliphatic rings. The number of unbranched alkanes of at least 4 members (excludes halogenated alkanes) is 4. The molecule has 0 aliphatic carbocycles. The molecule has 0 heterocycles. The van der Waals surface area contributed by atoms with E-state index in [9.17, 15) is 4.79 Å². The maximum atomic E-state index is 11.3. The van der Waals surface area contributed by atoms with Crippen molar-refractivity contribution in [2.24, 2.45) is 11.7 Å². The van der Waals surface area contributed by atoms with E-state index >= 15 is 0 Å². The lowest BCUT2D eigenvalue weighted by Crippen LogP contribution is -2.52.